The molecule has 0 saturated carbocycles. The zero-order chi connectivity index (χ0) is 34.5. The lowest BCUT2D eigenvalue weighted by Gasteiger charge is -2.35. The number of anilines is 1. The number of sulfonamides is 1. The number of benzene rings is 4. The minimum atomic E-state index is -4.27. The summed E-state index contributed by atoms with van der Waals surface area (Å²) < 4.78 is 29.5. The summed E-state index contributed by atoms with van der Waals surface area (Å²) in [5, 5.41) is 4.07. The van der Waals surface area contributed by atoms with Crippen molar-refractivity contribution < 1.29 is 18.0 Å². The summed E-state index contributed by atoms with van der Waals surface area (Å²) in [5.74, 6) is -1.01. The number of hydrogen-bond acceptors (Lipinski definition) is 4. The van der Waals surface area contributed by atoms with Crippen LogP contribution in [0.15, 0.2) is 95.9 Å². The SMILES string of the molecule is Cc1ccc(S(=O)(=O)N(CC(=O)N(Cc2ccc(Cl)cc2Cl)C(Cc2ccccc2)C(=O)NC(C)(C)C)c2ccc(C)c(Cl)c2)cc1. The van der Waals surface area contributed by atoms with Crippen LogP contribution in [0.5, 0.6) is 0 Å². The average Bonchev–Trinajstić information content (AvgIpc) is 2.99. The quantitative estimate of drug-likeness (QED) is 0.171. The van der Waals surface area contributed by atoms with E-state index in [9.17, 15) is 18.0 Å². The highest BCUT2D eigenvalue weighted by atomic mass is 35.5. The van der Waals surface area contributed by atoms with Crippen LogP contribution in [0.4, 0.5) is 5.69 Å². The smallest absolute Gasteiger partial charge is 0.264 e. The summed E-state index contributed by atoms with van der Waals surface area (Å²) in [6, 6.07) is 24.4. The van der Waals surface area contributed by atoms with Gasteiger partial charge in [0.15, 0.2) is 0 Å². The Morgan fingerprint density at radius 2 is 1.49 bits per heavy atom. The van der Waals surface area contributed by atoms with Gasteiger partial charge < -0.3 is 10.2 Å². The van der Waals surface area contributed by atoms with Crippen molar-refractivity contribution in [3.05, 3.63) is 128 Å². The van der Waals surface area contributed by atoms with Crippen LogP contribution < -0.4 is 9.62 Å². The first-order valence-electron chi connectivity index (χ1n) is 15.0. The van der Waals surface area contributed by atoms with Crippen LogP contribution >= 0.6 is 34.8 Å². The Balaban J connectivity index is 1.86. The molecule has 1 unspecified atom stereocenters. The van der Waals surface area contributed by atoms with E-state index in [-0.39, 0.29) is 23.5 Å². The van der Waals surface area contributed by atoms with Crippen LogP contribution in [-0.2, 0) is 32.6 Å². The van der Waals surface area contributed by atoms with Crippen LogP contribution in [0, 0.1) is 13.8 Å². The molecule has 2 amide bonds. The second kappa shape index (κ2) is 15.1. The molecule has 1 N–H and O–H groups in total. The molecule has 4 aromatic rings. The first-order valence-corrected chi connectivity index (χ1v) is 17.6. The van der Waals surface area contributed by atoms with Gasteiger partial charge in [-0.1, -0.05) is 95.0 Å². The third-order valence-electron chi connectivity index (χ3n) is 7.46. The maximum absolute atomic E-state index is 14.6. The number of nitrogens with zero attached hydrogens (tertiary/aromatic N) is 2. The van der Waals surface area contributed by atoms with Gasteiger partial charge in [0, 0.05) is 33.6 Å². The fourth-order valence-electron chi connectivity index (χ4n) is 4.94. The number of hydrogen-bond donors (Lipinski definition) is 1. The number of nitrogens with one attached hydrogen (secondary N) is 1. The van der Waals surface area contributed by atoms with E-state index in [1.807, 2.05) is 58.0 Å². The second-order valence-corrected chi connectivity index (χ2v) is 15.6. The van der Waals surface area contributed by atoms with Crippen LogP contribution in [-0.4, -0.2) is 43.3 Å². The molecule has 47 heavy (non-hydrogen) atoms. The van der Waals surface area contributed by atoms with Gasteiger partial charge in [-0.15, -0.1) is 0 Å². The van der Waals surface area contributed by atoms with E-state index in [2.05, 4.69) is 5.32 Å². The maximum atomic E-state index is 14.6. The minimum absolute atomic E-state index is 0.00574. The second-order valence-electron chi connectivity index (χ2n) is 12.5. The normalized spacial score (nSPS) is 12.3. The van der Waals surface area contributed by atoms with Gasteiger partial charge in [-0.2, -0.15) is 0 Å². The van der Waals surface area contributed by atoms with Crippen molar-refractivity contribution in [2.75, 3.05) is 10.8 Å². The van der Waals surface area contributed by atoms with Crippen molar-refractivity contribution in [3.63, 3.8) is 0 Å². The largest absolute Gasteiger partial charge is 0.350 e. The van der Waals surface area contributed by atoms with Gasteiger partial charge in [0.05, 0.1) is 10.6 Å². The van der Waals surface area contributed by atoms with Gasteiger partial charge in [-0.25, -0.2) is 8.42 Å². The molecule has 4 rings (SSSR count). The number of carbonyl (C=O) groups is 2. The Labute approximate surface area is 292 Å². The van der Waals surface area contributed by atoms with Gasteiger partial charge in [0.2, 0.25) is 11.8 Å². The molecule has 0 radical (unpaired) electrons. The van der Waals surface area contributed by atoms with Gasteiger partial charge in [0.25, 0.3) is 10.0 Å². The fourth-order valence-corrected chi connectivity index (χ4v) is 6.99. The average molecular weight is 715 g/mol. The standard InChI is InChI=1S/C36H38Cl3N3O4S/c1-24-11-17-30(18-12-24)47(45,46)42(29-16-13-25(2)31(38)21-29)23-34(43)41(22-27-14-15-28(37)20-32(27)39)33(35(44)40-36(3,4)5)19-26-9-7-6-8-10-26/h6-18,20-21,33H,19,22-23H2,1-5H3,(H,40,44). The van der Waals surface area contributed by atoms with Crippen LogP contribution in [0.25, 0.3) is 0 Å². The zero-order valence-corrected chi connectivity index (χ0v) is 30.0. The molecular weight excluding hydrogens is 677 g/mol. The number of halogens is 3. The Bertz CT molecular complexity index is 1840. The number of amides is 2. The van der Waals surface area contributed by atoms with Crippen molar-refractivity contribution in [1.82, 2.24) is 10.2 Å². The molecule has 1 atom stereocenters. The summed E-state index contributed by atoms with van der Waals surface area (Å²) in [6.07, 6.45) is 0.167. The topological polar surface area (TPSA) is 86.8 Å². The molecular formula is C36H38Cl3N3O4S. The molecule has 0 saturated heterocycles. The molecule has 0 fully saturated rings. The molecule has 0 aliphatic carbocycles. The van der Waals surface area contributed by atoms with E-state index in [1.54, 1.807) is 49.4 Å². The highest BCUT2D eigenvalue weighted by Gasteiger charge is 2.36. The van der Waals surface area contributed by atoms with Crippen LogP contribution in [0.3, 0.4) is 0 Å². The van der Waals surface area contributed by atoms with Crippen LogP contribution in [0.1, 0.15) is 43.0 Å². The Kier molecular flexibility index (Phi) is 11.7. The molecule has 0 spiro atoms. The van der Waals surface area contributed by atoms with E-state index in [0.717, 1.165) is 21.0 Å². The summed E-state index contributed by atoms with van der Waals surface area (Å²) in [5.41, 5.74) is 2.57. The predicted octanol–water partition coefficient (Wildman–Crippen LogP) is 8.01. The summed E-state index contributed by atoms with van der Waals surface area (Å²) >= 11 is 19.2. The van der Waals surface area contributed by atoms with E-state index in [1.165, 1.54) is 23.1 Å². The summed E-state index contributed by atoms with van der Waals surface area (Å²) in [6.45, 7) is 8.51. The van der Waals surface area contributed by atoms with Crippen molar-refractivity contribution in [2.45, 2.75) is 64.1 Å². The first kappa shape index (κ1) is 36.3. The van der Waals surface area contributed by atoms with Gasteiger partial charge >= 0.3 is 0 Å². The molecule has 0 heterocycles. The molecule has 248 valence electrons. The van der Waals surface area contributed by atoms with E-state index < -0.39 is 40.0 Å². The van der Waals surface area contributed by atoms with Gasteiger partial charge in [-0.3, -0.25) is 13.9 Å². The van der Waals surface area contributed by atoms with Crippen molar-refractivity contribution >= 4 is 62.3 Å². The highest BCUT2D eigenvalue weighted by Crippen LogP contribution is 2.30. The lowest BCUT2D eigenvalue weighted by atomic mass is 10.0. The number of carbonyl (C=O) groups excluding carboxylic acids is 2. The van der Waals surface area contributed by atoms with Gasteiger partial charge in [0.1, 0.15) is 12.6 Å². The number of aryl methyl sites for hydroxylation is 2. The van der Waals surface area contributed by atoms with Crippen molar-refractivity contribution in [3.8, 4) is 0 Å². The van der Waals surface area contributed by atoms with Crippen molar-refractivity contribution in [2.24, 2.45) is 0 Å². The molecule has 7 nitrogen and oxygen atoms in total. The molecule has 0 aliphatic rings. The van der Waals surface area contributed by atoms with Crippen LogP contribution in [0.2, 0.25) is 15.1 Å². The zero-order valence-electron chi connectivity index (χ0n) is 26.9. The minimum Gasteiger partial charge on any atom is -0.350 e. The molecule has 11 heteroatoms. The molecule has 4 aromatic carbocycles. The monoisotopic (exact) mass is 713 g/mol. The van der Waals surface area contributed by atoms with E-state index in [0.29, 0.717) is 20.6 Å². The highest BCUT2D eigenvalue weighted by molar-refractivity contribution is 7.92. The molecule has 0 bridgehead atoms. The van der Waals surface area contributed by atoms with E-state index >= 15 is 0 Å². The van der Waals surface area contributed by atoms with E-state index in [4.69, 9.17) is 34.8 Å². The van der Waals surface area contributed by atoms with Gasteiger partial charge in [-0.05, 0) is 87.7 Å². The molecule has 0 aliphatic heterocycles. The predicted molar refractivity (Wildman–Crippen MR) is 191 cm³/mol. The van der Waals surface area contributed by atoms with Crippen molar-refractivity contribution in [1.29, 1.82) is 0 Å². The third kappa shape index (κ3) is 9.51. The number of rotatable bonds is 11. The summed E-state index contributed by atoms with van der Waals surface area (Å²) in [4.78, 5) is 30.0. The Morgan fingerprint density at radius 1 is 0.830 bits per heavy atom. The fraction of sp³-hybridized carbons (Fsp3) is 0.278. The lowest BCUT2D eigenvalue weighted by molar-refractivity contribution is -0.140. The summed E-state index contributed by atoms with van der Waals surface area (Å²) in [7, 11) is -4.27. The Morgan fingerprint density at radius 3 is 2.09 bits per heavy atom. The molecule has 0 aromatic heterocycles. The maximum Gasteiger partial charge on any atom is 0.264 e. The lowest BCUT2D eigenvalue weighted by Crippen LogP contribution is -2.56. The Hall–Kier alpha value is -3.56. The third-order valence-corrected chi connectivity index (χ3v) is 10.2. The first-order chi connectivity index (χ1) is 22.0.